The number of hydrogen-bond donors (Lipinski definition) is 6. The van der Waals surface area contributed by atoms with Gasteiger partial charge >= 0.3 is 0 Å². The Labute approximate surface area is 448 Å². The lowest BCUT2D eigenvalue weighted by molar-refractivity contribution is -0.148. The number of fused-ring (bicyclic) bond motifs is 1. The monoisotopic (exact) mass is 1060 g/mol. The Hall–Kier alpha value is -6.19. The highest BCUT2D eigenvalue weighted by molar-refractivity contribution is 6.12. The number of rotatable bonds is 31. The van der Waals surface area contributed by atoms with E-state index in [2.05, 4.69) is 26.5 Å². The fraction of sp³-hybridized carbons (Fsp3) is 0.655. The molecule has 0 bridgehead atoms. The molecule has 2 aromatic rings. The molecule has 3 heterocycles. The lowest BCUT2D eigenvalue weighted by Gasteiger charge is -2.41. The van der Waals surface area contributed by atoms with Crippen LogP contribution in [0.5, 0.6) is 0 Å². The molecule has 7 N–H and O–H groups in total. The van der Waals surface area contributed by atoms with E-state index in [1.54, 1.807) is 37.0 Å². The number of nitrogens with two attached hydrogens (primary N) is 1. The smallest absolute Gasteiger partial charge is 0.253 e. The van der Waals surface area contributed by atoms with Crippen LogP contribution in [0.25, 0.3) is 10.9 Å². The van der Waals surface area contributed by atoms with E-state index in [0.717, 1.165) is 21.4 Å². The summed E-state index contributed by atoms with van der Waals surface area (Å²) >= 11 is 0. The van der Waals surface area contributed by atoms with Crippen LogP contribution in [-0.4, -0.2) is 168 Å². The number of aromatic amines is 1. The summed E-state index contributed by atoms with van der Waals surface area (Å²) in [7, 11) is 6.48. The predicted molar refractivity (Wildman–Crippen MR) is 287 cm³/mol. The van der Waals surface area contributed by atoms with Gasteiger partial charge in [0.05, 0.1) is 42.7 Å². The molecule has 1 fully saturated rings. The number of methoxy groups -OCH3 is 2. The molecule has 2 aliphatic heterocycles. The number of likely N-dealkylation sites (N-methyl/N-ethyl adjacent to an activating group) is 2. The SMILES string of the molecule is CC[C@H](C)C([C@@H](CC(=O)N1CCC[C@@H]1[C@H](OC)[C@H](C)C(=O)NC(Cc1c[nH]c2ccccc12)C(N)=O)OC)N(C)C(=O)[C@@H](NC(=O)C(C(C)C)N(C)CCCC(=O)NNC(=O)CCCCCN1C(=O)C=CC1=O)C(C)C. The van der Waals surface area contributed by atoms with E-state index >= 15 is 0 Å². The molecule has 76 heavy (non-hydrogen) atoms. The van der Waals surface area contributed by atoms with Gasteiger partial charge in [0.1, 0.15) is 12.1 Å². The van der Waals surface area contributed by atoms with Gasteiger partial charge in [-0.25, -0.2) is 0 Å². The van der Waals surface area contributed by atoms with Gasteiger partial charge in [-0.1, -0.05) is 79.5 Å². The minimum atomic E-state index is -0.986. The number of H-pyrrole nitrogens is 1. The fourth-order valence-electron chi connectivity index (χ4n) is 10.6. The van der Waals surface area contributed by atoms with E-state index in [4.69, 9.17) is 15.2 Å². The molecule has 21 nitrogen and oxygen atoms in total. The normalized spacial score (nSPS) is 17.8. The number of imide groups is 1. The second kappa shape index (κ2) is 29.9. The topological polar surface area (TPSA) is 275 Å². The van der Waals surface area contributed by atoms with Crippen LogP contribution in [0.2, 0.25) is 0 Å². The Morgan fingerprint density at radius 3 is 2.07 bits per heavy atom. The van der Waals surface area contributed by atoms with Gasteiger partial charge in [0.15, 0.2) is 0 Å². The minimum absolute atomic E-state index is 0.0680. The van der Waals surface area contributed by atoms with E-state index in [9.17, 15) is 43.2 Å². The molecule has 2 aliphatic rings. The Morgan fingerprint density at radius 2 is 1.47 bits per heavy atom. The number of ether oxygens (including phenoxy) is 2. The molecule has 21 heteroatoms. The number of carbonyl (C=O) groups excluding carboxylic acids is 9. The molecule has 4 rings (SSSR count). The molecule has 0 radical (unpaired) electrons. The van der Waals surface area contributed by atoms with Crippen molar-refractivity contribution in [3.63, 3.8) is 0 Å². The molecular weight excluding hydrogens is 977 g/mol. The average Bonchev–Trinajstić information content (AvgIpc) is 4.12. The van der Waals surface area contributed by atoms with Gasteiger partial charge in [0, 0.05) is 82.9 Å². The van der Waals surface area contributed by atoms with Gasteiger partial charge in [0.25, 0.3) is 11.8 Å². The van der Waals surface area contributed by atoms with E-state index in [1.807, 2.05) is 70.7 Å². The largest absolute Gasteiger partial charge is 0.379 e. The number of aromatic nitrogens is 1. The van der Waals surface area contributed by atoms with Gasteiger partial charge in [-0.05, 0) is 75.1 Å². The summed E-state index contributed by atoms with van der Waals surface area (Å²) in [6, 6.07) is 4.06. The number of amides is 9. The number of primary amides is 1. The number of unbranched alkanes of at least 4 members (excludes halogenated alkanes) is 2. The van der Waals surface area contributed by atoms with Gasteiger partial charge in [0.2, 0.25) is 41.4 Å². The lowest BCUT2D eigenvalue weighted by atomic mass is 9.89. The fourth-order valence-corrected chi connectivity index (χ4v) is 10.6. The van der Waals surface area contributed by atoms with Crippen molar-refractivity contribution in [2.45, 2.75) is 162 Å². The summed E-state index contributed by atoms with van der Waals surface area (Å²) in [4.78, 5) is 128. The predicted octanol–water partition coefficient (Wildman–Crippen LogP) is 3.11. The summed E-state index contributed by atoms with van der Waals surface area (Å²) in [6.45, 7) is 14.3. The molecule has 9 amide bonds. The van der Waals surface area contributed by atoms with Crippen LogP contribution in [0, 0.1) is 23.7 Å². The molecule has 1 saturated heterocycles. The average molecular weight is 1060 g/mol. The standard InChI is InChI=1S/C55H86N10O11/c1-12-35(6)50(42(75-10)31-47(70)64-29-18-22-41(64)51(76-11)36(7)53(72)58-40(52(56)71)30-37-32-57-39-21-16-15-20-38(37)39)63(9)55(74)48(33(2)3)59-54(73)49(34(4)5)62(8)27-19-24-44(67)61-60-43(66)23-14-13-17-28-65-45(68)25-26-46(65)69/h15-16,20-21,25-26,32-36,40-42,48-51,57H,12-14,17-19,22-24,27-31H2,1-11H3,(H2,56,71)(H,58,72)(H,59,73)(H,60,66)(H,61,67)/t35-,36-,40?,41+,42+,48-,49?,50?,51+/m0/s1. The van der Waals surface area contributed by atoms with Crippen LogP contribution in [0.1, 0.15) is 118 Å². The number of hydrogen-bond acceptors (Lipinski definition) is 12. The number of nitrogens with one attached hydrogen (secondary N) is 5. The second-order valence-electron chi connectivity index (χ2n) is 21.2. The first-order chi connectivity index (χ1) is 36.1. The highest BCUT2D eigenvalue weighted by Gasteiger charge is 2.44. The summed E-state index contributed by atoms with van der Waals surface area (Å²) in [5, 5.41) is 6.81. The van der Waals surface area contributed by atoms with Gasteiger partial charge in [-0.3, -0.25) is 63.8 Å². The molecular formula is C55H86N10O11. The zero-order chi connectivity index (χ0) is 56.4. The van der Waals surface area contributed by atoms with Crippen LogP contribution in [-0.2, 0) is 59.0 Å². The van der Waals surface area contributed by atoms with Gasteiger partial charge in [-0.2, -0.15) is 0 Å². The third-order valence-electron chi connectivity index (χ3n) is 15.1. The maximum absolute atomic E-state index is 14.7. The van der Waals surface area contributed by atoms with Gasteiger partial charge < -0.3 is 40.6 Å². The maximum Gasteiger partial charge on any atom is 0.253 e. The van der Waals surface area contributed by atoms with Crippen LogP contribution in [0.3, 0.4) is 0 Å². The molecule has 1 aromatic heterocycles. The van der Waals surface area contributed by atoms with Crippen molar-refractivity contribution in [2.75, 3.05) is 47.9 Å². The first kappa shape index (κ1) is 62.4. The van der Waals surface area contributed by atoms with Crippen LogP contribution < -0.4 is 27.2 Å². The highest BCUT2D eigenvalue weighted by Crippen LogP contribution is 2.30. The van der Waals surface area contributed by atoms with E-state index in [1.165, 1.54) is 26.4 Å². The van der Waals surface area contributed by atoms with Crippen LogP contribution in [0.15, 0.2) is 42.6 Å². The molecule has 0 saturated carbocycles. The second-order valence-corrected chi connectivity index (χ2v) is 21.2. The quantitative estimate of drug-likeness (QED) is 0.0361. The Kier molecular flexibility index (Phi) is 24.6. The first-order valence-corrected chi connectivity index (χ1v) is 26.9. The number of para-hydroxylation sites is 1. The zero-order valence-corrected chi connectivity index (χ0v) is 46.6. The van der Waals surface area contributed by atoms with Crippen molar-refractivity contribution in [1.29, 1.82) is 0 Å². The molecule has 0 aliphatic carbocycles. The van der Waals surface area contributed by atoms with Crippen LogP contribution in [0.4, 0.5) is 0 Å². The zero-order valence-electron chi connectivity index (χ0n) is 46.6. The van der Waals surface area contributed by atoms with E-state index < -0.39 is 66.1 Å². The van der Waals surface area contributed by atoms with E-state index in [-0.39, 0.29) is 85.4 Å². The molecule has 0 spiro atoms. The summed E-state index contributed by atoms with van der Waals surface area (Å²) in [6.07, 6.45) is 7.16. The summed E-state index contributed by atoms with van der Waals surface area (Å²) in [5.74, 6) is -4.83. The Morgan fingerprint density at radius 1 is 0.829 bits per heavy atom. The summed E-state index contributed by atoms with van der Waals surface area (Å²) in [5.41, 5.74) is 12.4. The Bertz CT molecular complexity index is 2340. The van der Waals surface area contributed by atoms with Gasteiger partial charge in [-0.15, -0.1) is 0 Å². The Balaban J connectivity index is 1.33. The summed E-state index contributed by atoms with van der Waals surface area (Å²) < 4.78 is 12.0. The number of likely N-dealkylation sites (tertiary alicyclic amines) is 1. The highest BCUT2D eigenvalue weighted by atomic mass is 16.5. The third kappa shape index (κ3) is 16.9. The van der Waals surface area contributed by atoms with Crippen molar-refractivity contribution in [3.05, 3.63) is 48.2 Å². The molecule has 3 unspecified atom stereocenters. The first-order valence-electron chi connectivity index (χ1n) is 26.9. The van der Waals surface area contributed by atoms with Crippen molar-refractivity contribution < 1.29 is 52.6 Å². The molecule has 422 valence electrons. The number of hydrazine groups is 1. The van der Waals surface area contributed by atoms with Crippen LogP contribution >= 0.6 is 0 Å². The number of carbonyl (C=O) groups is 9. The van der Waals surface area contributed by atoms with E-state index in [0.29, 0.717) is 58.0 Å². The van der Waals surface area contributed by atoms with Crippen molar-refractivity contribution >= 4 is 64.1 Å². The molecule has 9 atom stereocenters. The lowest BCUT2D eigenvalue weighted by Crippen LogP contribution is -2.60. The minimum Gasteiger partial charge on any atom is -0.379 e. The van der Waals surface area contributed by atoms with Crippen molar-refractivity contribution in [2.24, 2.45) is 29.4 Å². The van der Waals surface area contributed by atoms with Crippen molar-refractivity contribution in [1.82, 2.24) is 46.1 Å². The molecule has 1 aromatic carbocycles. The van der Waals surface area contributed by atoms with Crippen molar-refractivity contribution in [3.8, 4) is 0 Å². The number of nitrogens with zero attached hydrogens (tertiary/aromatic N) is 4. The third-order valence-corrected chi connectivity index (χ3v) is 15.1. The number of benzene rings is 1. The maximum atomic E-state index is 14.7.